The number of benzene rings is 1. The summed E-state index contributed by atoms with van der Waals surface area (Å²) < 4.78 is 13.5. The zero-order valence-corrected chi connectivity index (χ0v) is 17.5. The first-order valence-electron chi connectivity index (χ1n) is 9.70. The quantitative estimate of drug-likeness (QED) is 0.446. The largest absolute Gasteiger partial charge is 0.507 e. The minimum absolute atomic E-state index is 0.0352. The molecule has 1 aliphatic rings. The molecule has 0 spiro atoms. The first kappa shape index (κ1) is 21.6. The molecule has 2 heterocycles. The van der Waals surface area contributed by atoms with E-state index < -0.39 is 23.5 Å². The van der Waals surface area contributed by atoms with Gasteiger partial charge in [0, 0.05) is 12.7 Å². The summed E-state index contributed by atoms with van der Waals surface area (Å²) in [5.74, 6) is -1.67. The van der Waals surface area contributed by atoms with Crippen LogP contribution in [0.1, 0.15) is 35.1 Å². The number of nitrogens with zero attached hydrogens (tertiary/aromatic N) is 4. The minimum atomic E-state index is -0.812. The minimum Gasteiger partial charge on any atom is -0.507 e. The summed E-state index contributed by atoms with van der Waals surface area (Å²) in [6.45, 7) is 4.47. The molecule has 3 rings (SSSR count). The van der Waals surface area contributed by atoms with Crippen molar-refractivity contribution in [1.29, 1.82) is 0 Å². The fraction of sp³-hybridized carbons (Fsp3) is 0.364. The lowest BCUT2D eigenvalue weighted by atomic mass is 9.95. The van der Waals surface area contributed by atoms with E-state index in [1.165, 1.54) is 35.4 Å². The van der Waals surface area contributed by atoms with Crippen molar-refractivity contribution < 1.29 is 19.1 Å². The number of amides is 1. The van der Waals surface area contributed by atoms with Gasteiger partial charge in [-0.25, -0.2) is 14.4 Å². The van der Waals surface area contributed by atoms with Gasteiger partial charge >= 0.3 is 0 Å². The maximum Gasteiger partial charge on any atom is 0.295 e. The van der Waals surface area contributed by atoms with Gasteiger partial charge in [0.05, 0.1) is 22.9 Å². The Labute approximate surface area is 174 Å². The molecule has 30 heavy (non-hydrogen) atoms. The van der Waals surface area contributed by atoms with Gasteiger partial charge < -0.3 is 14.9 Å². The average molecular weight is 412 g/mol. The summed E-state index contributed by atoms with van der Waals surface area (Å²) >= 11 is 0. The number of aryl methyl sites for hydroxylation is 2. The molecule has 1 fully saturated rings. The van der Waals surface area contributed by atoms with Gasteiger partial charge in [-0.3, -0.25) is 9.59 Å². The third-order valence-electron chi connectivity index (χ3n) is 5.08. The SMILES string of the molecule is Cc1ncc(C(O)=C2C(=O)C(=O)N(CCCN(C)C)C2c2ccc(F)cc2)c(C)n1. The summed E-state index contributed by atoms with van der Waals surface area (Å²) in [4.78, 5) is 37.5. The number of aromatic nitrogens is 2. The third kappa shape index (κ3) is 4.23. The Kier molecular flexibility index (Phi) is 6.26. The molecule has 8 heteroatoms. The lowest BCUT2D eigenvalue weighted by Gasteiger charge is -2.26. The van der Waals surface area contributed by atoms with E-state index in [1.807, 2.05) is 19.0 Å². The number of aliphatic hydroxyl groups is 1. The van der Waals surface area contributed by atoms with Crippen LogP contribution in [0.4, 0.5) is 4.39 Å². The van der Waals surface area contributed by atoms with E-state index >= 15 is 0 Å². The average Bonchev–Trinajstić information content (AvgIpc) is 2.93. The number of aliphatic hydroxyl groups excluding tert-OH is 1. The van der Waals surface area contributed by atoms with Crippen molar-refractivity contribution in [2.24, 2.45) is 0 Å². The number of hydrogen-bond donors (Lipinski definition) is 1. The monoisotopic (exact) mass is 412 g/mol. The third-order valence-corrected chi connectivity index (χ3v) is 5.08. The van der Waals surface area contributed by atoms with Crippen LogP contribution in [0.2, 0.25) is 0 Å². The second-order valence-corrected chi connectivity index (χ2v) is 7.62. The smallest absolute Gasteiger partial charge is 0.295 e. The van der Waals surface area contributed by atoms with Crippen LogP contribution >= 0.6 is 0 Å². The summed E-state index contributed by atoms with van der Waals surface area (Å²) in [6, 6.07) is 4.78. The highest BCUT2D eigenvalue weighted by Gasteiger charge is 2.46. The fourth-order valence-electron chi connectivity index (χ4n) is 3.62. The number of hydrogen-bond acceptors (Lipinski definition) is 6. The molecule has 1 unspecified atom stereocenters. The molecular formula is C22H25FN4O3. The van der Waals surface area contributed by atoms with Crippen LogP contribution in [0.25, 0.3) is 5.76 Å². The van der Waals surface area contributed by atoms with Crippen LogP contribution < -0.4 is 0 Å². The normalized spacial score (nSPS) is 18.5. The molecule has 0 radical (unpaired) electrons. The molecule has 1 atom stereocenters. The van der Waals surface area contributed by atoms with Gasteiger partial charge in [-0.1, -0.05) is 12.1 Å². The Morgan fingerprint density at radius 2 is 1.87 bits per heavy atom. The Hall–Kier alpha value is -3.13. The van der Waals surface area contributed by atoms with Gasteiger partial charge in [-0.05, 0) is 58.6 Å². The number of ketones is 1. The van der Waals surface area contributed by atoms with E-state index in [1.54, 1.807) is 13.8 Å². The van der Waals surface area contributed by atoms with Gasteiger partial charge in [0.1, 0.15) is 17.4 Å². The van der Waals surface area contributed by atoms with E-state index in [-0.39, 0.29) is 11.3 Å². The molecule has 7 nitrogen and oxygen atoms in total. The van der Waals surface area contributed by atoms with Crippen LogP contribution in [0.3, 0.4) is 0 Å². The summed E-state index contributed by atoms with van der Waals surface area (Å²) in [7, 11) is 3.84. The molecule has 1 aromatic carbocycles. The van der Waals surface area contributed by atoms with Gasteiger partial charge in [0.15, 0.2) is 0 Å². The number of halogens is 1. The molecule has 1 amide bonds. The van der Waals surface area contributed by atoms with Crippen LogP contribution in [0.15, 0.2) is 36.0 Å². The second-order valence-electron chi connectivity index (χ2n) is 7.62. The first-order valence-corrected chi connectivity index (χ1v) is 9.70. The Morgan fingerprint density at radius 3 is 2.47 bits per heavy atom. The Morgan fingerprint density at radius 1 is 1.20 bits per heavy atom. The molecule has 2 aromatic rings. The number of Topliss-reactive ketones (excluding diaryl/α,β-unsaturated/α-hetero) is 1. The van der Waals surface area contributed by atoms with Gasteiger partial charge in [0.2, 0.25) is 0 Å². The van der Waals surface area contributed by atoms with Crippen molar-refractivity contribution in [3.05, 3.63) is 64.5 Å². The maximum absolute atomic E-state index is 13.5. The highest BCUT2D eigenvalue weighted by Crippen LogP contribution is 2.39. The molecule has 1 N–H and O–H groups in total. The molecule has 1 aromatic heterocycles. The predicted molar refractivity (Wildman–Crippen MR) is 110 cm³/mol. The van der Waals surface area contributed by atoms with E-state index in [4.69, 9.17) is 0 Å². The van der Waals surface area contributed by atoms with Crippen molar-refractivity contribution in [2.75, 3.05) is 27.2 Å². The van der Waals surface area contributed by atoms with E-state index in [2.05, 4.69) is 9.97 Å². The highest BCUT2D eigenvalue weighted by molar-refractivity contribution is 6.46. The molecule has 0 saturated carbocycles. The number of likely N-dealkylation sites (tertiary alicyclic amines) is 1. The second kappa shape index (κ2) is 8.71. The van der Waals surface area contributed by atoms with E-state index in [9.17, 15) is 19.1 Å². The van der Waals surface area contributed by atoms with Crippen LogP contribution in [-0.4, -0.2) is 63.7 Å². The zero-order chi connectivity index (χ0) is 22.0. The van der Waals surface area contributed by atoms with Gasteiger partial charge in [0.25, 0.3) is 11.7 Å². The van der Waals surface area contributed by atoms with Crippen molar-refractivity contribution >= 4 is 17.4 Å². The number of rotatable bonds is 6. The lowest BCUT2D eigenvalue weighted by Crippen LogP contribution is -2.32. The molecule has 1 saturated heterocycles. The predicted octanol–water partition coefficient (Wildman–Crippen LogP) is 2.61. The van der Waals surface area contributed by atoms with Crippen molar-refractivity contribution in [3.8, 4) is 0 Å². The first-order chi connectivity index (χ1) is 14.2. The number of carbonyl (C=O) groups is 2. The fourth-order valence-corrected chi connectivity index (χ4v) is 3.62. The molecule has 0 bridgehead atoms. The topological polar surface area (TPSA) is 86.6 Å². The summed E-state index contributed by atoms with van der Waals surface area (Å²) in [5, 5.41) is 11.0. The van der Waals surface area contributed by atoms with Crippen LogP contribution in [0, 0.1) is 19.7 Å². The van der Waals surface area contributed by atoms with E-state index in [0.717, 1.165) is 6.54 Å². The van der Waals surface area contributed by atoms with Gasteiger partial charge in [-0.15, -0.1) is 0 Å². The summed E-state index contributed by atoms with van der Waals surface area (Å²) in [6.07, 6.45) is 2.08. The Bertz CT molecular complexity index is 1000. The molecule has 158 valence electrons. The lowest BCUT2D eigenvalue weighted by molar-refractivity contribution is -0.139. The summed E-state index contributed by atoms with van der Waals surface area (Å²) in [5.41, 5.74) is 1.30. The van der Waals surface area contributed by atoms with Crippen molar-refractivity contribution in [2.45, 2.75) is 26.3 Å². The van der Waals surface area contributed by atoms with Crippen molar-refractivity contribution in [3.63, 3.8) is 0 Å². The molecule has 1 aliphatic heterocycles. The molecular weight excluding hydrogens is 387 g/mol. The van der Waals surface area contributed by atoms with E-state index in [0.29, 0.717) is 35.6 Å². The number of carbonyl (C=O) groups excluding carboxylic acids is 2. The molecule has 0 aliphatic carbocycles. The van der Waals surface area contributed by atoms with Crippen LogP contribution in [0.5, 0.6) is 0 Å². The standard InChI is InChI=1S/C22H25FN4O3/c1-13-17(12-24-14(2)25-13)20(28)18-19(15-6-8-16(23)9-7-15)27(22(30)21(18)29)11-5-10-26(3)4/h6-9,12,19,28H,5,10-11H2,1-4H3. The highest BCUT2D eigenvalue weighted by atomic mass is 19.1. The van der Waals surface area contributed by atoms with Gasteiger partial charge in [-0.2, -0.15) is 0 Å². The maximum atomic E-state index is 13.5. The zero-order valence-electron chi connectivity index (χ0n) is 17.5. The van der Waals surface area contributed by atoms with Crippen LogP contribution in [-0.2, 0) is 9.59 Å². The van der Waals surface area contributed by atoms with Crippen molar-refractivity contribution in [1.82, 2.24) is 19.8 Å². The Balaban J connectivity index is 2.12.